The van der Waals surface area contributed by atoms with E-state index in [1.165, 1.54) is 0 Å². The van der Waals surface area contributed by atoms with Gasteiger partial charge in [0.15, 0.2) is 6.10 Å². The van der Waals surface area contributed by atoms with Gasteiger partial charge in [0, 0.05) is 9.34 Å². The molecule has 0 aromatic heterocycles. The number of aliphatic hydroxyl groups is 1. The van der Waals surface area contributed by atoms with Gasteiger partial charge in [-0.25, -0.2) is 4.79 Å². The van der Waals surface area contributed by atoms with Crippen molar-refractivity contribution >= 4 is 28.6 Å². The molecule has 1 aliphatic rings. The average molecular weight is 362 g/mol. The predicted molar refractivity (Wildman–Crippen MR) is 74.6 cm³/mol. The zero-order chi connectivity index (χ0) is 13.2. The molecule has 1 aromatic rings. The average Bonchev–Trinajstić information content (AvgIpc) is 3.01. The van der Waals surface area contributed by atoms with Gasteiger partial charge in [-0.05, 0) is 12.0 Å². The second-order valence-corrected chi connectivity index (χ2v) is 6.13. The molecule has 0 saturated heterocycles. The van der Waals surface area contributed by atoms with E-state index < -0.39 is 17.5 Å². The molecule has 4 nitrogen and oxygen atoms in total. The van der Waals surface area contributed by atoms with Crippen LogP contribution in [-0.4, -0.2) is 32.8 Å². The summed E-state index contributed by atoms with van der Waals surface area (Å²) in [5.41, 5.74) is 0.435. The normalized spacial score (nSPS) is 27.8. The van der Waals surface area contributed by atoms with Crippen molar-refractivity contribution in [1.29, 1.82) is 0 Å². The summed E-state index contributed by atoms with van der Waals surface area (Å²) in [4.78, 5) is 10.9. The monoisotopic (exact) mass is 362 g/mol. The SMILES string of the molecule is O=C(O)C(O)C1(COCc2ccccc2)CC1I. The summed E-state index contributed by atoms with van der Waals surface area (Å²) in [7, 11) is 0. The Balaban J connectivity index is 1.87. The van der Waals surface area contributed by atoms with Gasteiger partial charge in [0.05, 0.1) is 13.2 Å². The van der Waals surface area contributed by atoms with E-state index in [1.807, 2.05) is 30.3 Å². The summed E-state index contributed by atoms with van der Waals surface area (Å²) in [6, 6.07) is 9.70. The first kappa shape index (κ1) is 13.8. The van der Waals surface area contributed by atoms with Crippen molar-refractivity contribution < 1.29 is 19.7 Å². The maximum absolute atomic E-state index is 10.9. The Morgan fingerprint density at radius 2 is 2.11 bits per heavy atom. The molecular formula is C13H15IO4. The van der Waals surface area contributed by atoms with Crippen molar-refractivity contribution in [2.75, 3.05) is 6.61 Å². The van der Waals surface area contributed by atoms with Crippen molar-refractivity contribution in [3.05, 3.63) is 35.9 Å². The molecule has 2 N–H and O–H groups in total. The Labute approximate surface area is 119 Å². The van der Waals surface area contributed by atoms with E-state index in [4.69, 9.17) is 9.84 Å². The first-order chi connectivity index (χ1) is 8.56. The number of aliphatic carboxylic acids is 1. The minimum atomic E-state index is -1.34. The van der Waals surface area contributed by atoms with Gasteiger partial charge in [0.2, 0.25) is 0 Å². The van der Waals surface area contributed by atoms with Crippen LogP contribution in [0, 0.1) is 5.41 Å². The number of rotatable bonds is 6. The van der Waals surface area contributed by atoms with Crippen molar-refractivity contribution in [1.82, 2.24) is 0 Å². The lowest BCUT2D eigenvalue weighted by molar-refractivity contribution is -0.152. The molecule has 3 unspecified atom stereocenters. The number of benzene rings is 1. The van der Waals surface area contributed by atoms with Gasteiger partial charge < -0.3 is 14.9 Å². The fourth-order valence-corrected chi connectivity index (χ4v) is 3.31. The van der Waals surface area contributed by atoms with E-state index in [-0.39, 0.29) is 10.5 Å². The molecule has 1 saturated carbocycles. The van der Waals surface area contributed by atoms with Crippen LogP contribution in [0.1, 0.15) is 12.0 Å². The Bertz CT molecular complexity index is 422. The predicted octanol–water partition coefficient (Wildman–Crippen LogP) is 1.84. The molecule has 0 bridgehead atoms. The molecular weight excluding hydrogens is 347 g/mol. The molecule has 0 radical (unpaired) electrons. The second kappa shape index (κ2) is 5.54. The maximum atomic E-state index is 10.9. The van der Waals surface area contributed by atoms with Crippen LogP contribution in [0.3, 0.4) is 0 Å². The highest BCUT2D eigenvalue weighted by atomic mass is 127. The van der Waals surface area contributed by atoms with Crippen LogP contribution in [0.4, 0.5) is 0 Å². The van der Waals surface area contributed by atoms with Crippen LogP contribution < -0.4 is 0 Å². The van der Waals surface area contributed by atoms with Crippen LogP contribution in [0.15, 0.2) is 30.3 Å². The van der Waals surface area contributed by atoms with Gasteiger partial charge in [0.25, 0.3) is 0 Å². The quantitative estimate of drug-likeness (QED) is 0.599. The number of ether oxygens (including phenoxy) is 1. The maximum Gasteiger partial charge on any atom is 0.333 e. The molecule has 3 atom stereocenters. The number of carboxylic acid groups (broad SMARTS) is 1. The molecule has 0 heterocycles. The molecule has 0 spiro atoms. The Hall–Kier alpha value is -0.660. The molecule has 0 aliphatic heterocycles. The fourth-order valence-electron chi connectivity index (χ4n) is 1.96. The molecule has 5 heteroatoms. The van der Waals surface area contributed by atoms with Gasteiger partial charge in [-0.1, -0.05) is 52.9 Å². The highest BCUT2D eigenvalue weighted by Gasteiger charge is 2.60. The van der Waals surface area contributed by atoms with Crippen molar-refractivity contribution in [2.45, 2.75) is 23.1 Å². The summed E-state index contributed by atoms with van der Waals surface area (Å²) in [6.45, 7) is 0.723. The summed E-state index contributed by atoms with van der Waals surface area (Å²) < 4.78 is 5.72. The highest BCUT2D eigenvalue weighted by Crippen LogP contribution is 2.54. The zero-order valence-corrected chi connectivity index (χ0v) is 11.9. The number of halogens is 1. The molecule has 0 amide bonds. The van der Waals surface area contributed by atoms with Gasteiger partial charge in [0.1, 0.15) is 0 Å². The smallest absolute Gasteiger partial charge is 0.333 e. The van der Waals surface area contributed by atoms with Gasteiger partial charge >= 0.3 is 5.97 Å². The molecule has 18 heavy (non-hydrogen) atoms. The van der Waals surface area contributed by atoms with Crippen LogP contribution >= 0.6 is 22.6 Å². The van der Waals surface area contributed by atoms with Gasteiger partial charge in [-0.2, -0.15) is 0 Å². The first-order valence-electron chi connectivity index (χ1n) is 5.73. The van der Waals surface area contributed by atoms with Crippen LogP contribution in [0.25, 0.3) is 0 Å². The van der Waals surface area contributed by atoms with E-state index in [9.17, 15) is 9.90 Å². The lowest BCUT2D eigenvalue weighted by Crippen LogP contribution is -2.35. The minimum absolute atomic E-state index is 0.164. The highest BCUT2D eigenvalue weighted by molar-refractivity contribution is 14.1. The third-order valence-corrected chi connectivity index (χ3v) is 4.96. The number of aliphatic hydroxyl groups excluding tert-OH is 1. The number of carbonyl (C=O) groups is 1. The standard InChI is InChI=1S/C13H15IO4/c14-10-6-13(10,11(15)12(16)17)8-18-7-9-4-2-1-3-5-9/h1-5,10-11,15H,6-8H2,(H,16,17). The molecule has 98 valence electrons. The number of carboxylic acids is 1. The number of hydrogen-bond donors (Lipinski definition) is 2. The summed E-state index contributed by atoms with van der Waals surface area (Å²) in [5, 5.41) is 18.6. The molecule has 2 rings (SSSR count). The topological polar surface area (TPSA) is 66.8 Å². The minimum Gasteiger partial charge on any atom is -0.479 e. The van der Waals surface area contributed by atoms with E-state index in [2.05, 4.69) is 22.6 Å². The molecule has 1 aromatic carbocycles. The van der Waals surface area contributed by atoms with E-state index in [0.717, 1.165) is 5.56 Å². The van der Waals surface area contributed by atoms with Gasteiger partial charge in [-0.15, -0.1) is 0 Å². The Morgan fingerprint density at radius 1 is 1.50 bits per heavy atom. The Morgan fingerprint density at radius 3 is 2.61 bits per heavy atom. The van der Waals surface area contributed by atoms with Gasteiger partial charge in [-0.3, -0.25) is 0 Å². The van der Waals surface area contributed by atoms with E-state index in [1.54, 1.807) is 0 Å². The molecule has 1 fully saturated rings. The van der Waals surface area contributed by atoms with Crippen molar-refractivity contribution in [3.8, 4) is 0 Å². The number of alkyl halides is 1. The number of hydrogen-bond acceptors (Lipinski definition) is 3. The summed E-state index contributed by atoms with van der Waals surface area (Å²) in [5.74, 6) is -1.17. The van der Waals surface area contributed by atoms with E-state index >= 15 is 0 Å². The molecule has 1 aliphatic carbocycles. The summed E-state index contributed by atoms with van der Waals surface area (Å²) in [6.07, 6.45) is -0.648. The van der Waals surface area contributed by atoms with Crippen molar-refractivity contribution in [2.24, 2.45) is 5.41 Å². The third kappa shape index (κ3) is 2.84. The summed E-state index contributed by atoms with van der Waals surface area (Å²) >= 11 is 2.17. The van der Waals surface area contributed by atoms with Crippen LogP contribution in [-0.2, 0) is 16.1 Å². The lowest BCUT2D eigenvalue weighted by atomic mass is 10.0. The second-order valence-electron chi connectivity index (χ2n) is 4.62. The van der Waals surface area contributed by atoms with E-state index in [0.29, 0.717) is 13.0 Å². The van der Waals surface area contributed by atoms with Crippen LogP contribution in [0.5, 0.6) is 0 Å². The fraction of sp³-hybridized carbons (Fsp3) is 0.462. The lowest BCUT2D eigenvalue weighted by Gasteiger charge is -2.19. The largest absolute Gasteiger partial charge is 0.479 e. The van der Waals surface area contributed by atoms with Crippen LogP contribution in [0.2, 0.25) is 0 Å². The van der Waals surface area contributed by atoms with Crippen molar-refractivity contribution in [3.63, 3.8) is 0 Å². The Kier molecular flexibility index (Phi) is 4.24. The third-order valence-electron chi connectivity index (χ3n) is 3.28. The zero-order valence-electron chi connectivity index (χ0n) is 9.75. The first-order valence-corrected chi connectivity index (χ1v) is 6.97.